The maximum atomic E-state index is 5.94. The molecule has 2 aromatic carbocycles. The third-order valence-corrected chi connectivity index (χ3v) is 3.66. The highest BCUT2D eigenvalue weighted by Crippen LogP contribution is 2.29. The highest BCUT2D eigenvalue weighted by molar-refractivity contribution is 5.40. The molecular formula is C20H24O5. The molecule has 1 aliphatic heterocycles. The summed E-state index contributed by atoms with van der Waals surface area (Å²) in [6.07, 6.45) is -0.184. The predicted molar refractivity (Wildman–Crippen MR) is 94.9 cm³/mol. The molecule has 3 rings (SSSR count). The lowest BCUT2D eigenvalue weighted by molar-refractivity contribution is 0.0178. The van der Waals surface area contributed by atoms with Gasteiger partial charge in [-0.2, -0.15) is 0 Å². The molecule has 0 radical (unpaired) electrons. The number of hydrogen-bond acceptors (Lipinski definition) is 5. The SMILES string of the molecule is C[C@@H]1COC[C@H](C)Oc2ccccc2OCCOc2ccccc2O1. The lowest BCUT2D eigenvalue weighted by Crippen LogP contribution is -2.25. The van der Waals surface area contributed by atoms with E-state index in [9.17, 15) is 0 Å². The fourth-order valence-corrected chi connectivity index (χ4v) is 2.54. The Morgan fingerprint density at radius 2 is 1.04 bits per heavy atom. The molecule has 0 amide bonds. The number of benzene rings is 2. The van der Waals surface area contributed by atoms with E-state index >= 15 is 0 Å². The topological polar surface area (TPSA) is 46.2 Å². The number of fused-ring (bicyclic) bond motifs is 2. The first-order chi connectivity index (χ1) is 12.2. The number of rotatable bonds is 0. The van der Waals surface area contributed by atoms with Crippen LogP contribution in [0, 0.1) is 0 Å². The van der Waals surface area contributed by atoms with Crippen molar-refractivity contribution in [2.75, 3.05) is 26.4 Å². The van der Waals surface area contributed by atoms with Gasteiger partial charge in [0.1, 0.15) is 25.4 Å². The molecular weight excluding hydrogens is 320 g/mol. The maximum absolute atomic E-state index is 5.94. The first-order valence-electron chi connectivity index (χ1n) is 8.57. The second kappa shape index (κ2) is 8.62. The highest BCUT2D eigenvalue weighted by Gasteiger charge is 2.14. The minimum Gasteiger partial charge on any atom is -0.486 e. The van der Waals surface area contributed by atoms with Gasteiger partial charge in [0.05, 0.1) is 13.2 Å². The fraction of sp³-hybridized carbons (Fsp3) is 0.400. The molecule has 2 aromatic rings. The van der Waals surface area contributed by atoms with E-state index in [1.165, 1.54) is 0 Å². The number of para-hydroxylation sites is 4. The van der Waals surface area contributed by atoms with Crippen LogP contribution >= 0.6 is 0 Å². The zero-order valence-corrected chi connectivity index (χ0v) is 14.6. The summed E-state index contributed by atoms with van der Waals surface area (Å²) in [7, 11) is 0. The molecule has 0 N–H and O–H groups in total. The molecule has 5 heteroatoms. The van der Waals surface area contributed by atoms with Crippen LogP contribution in [0.1, 0.15) is 13.8 Å². The van der Waals surface area contributed by atoms with Gasteiger partial charge in [0, 0.05) is 0 Å². The van der Waals surface area contributed by atoms with Crippen LogP contribution in [0.2, 0.25) is 0 Å². The van der Waals surface area contributed by atoms with E-state index in [1.807, 2.05) is 62.4 Å². The van der Waals surface area contributed by atoms with E-state index in [-0.39, 0.29) is 12.2 Å². The van der Waals surface area contributed by atoms with Crippen LogP contribution in [0.5, 0.6) is 23.0 Å². The van der Waals surface area contributed by atoms with Crippen LogP contribution in [0.15, 0.2) is 48.5 Å². The van der Waals surface area contributed by atoms with E-state index < -0.39 is 0 Å². The molecule has 0 aliphatic carbocycles. The lowest BCUT2D eigenvalue weighted by atomic mass is 10.3. The van der Waals surface area contributed by atoms with Crippen molar-refractivity contribution in [1.82, 2.24) is 0 Å². The monoisotopic (exact) mass is 344 g/mol. The van der Waals surface area contributed by atoms with Gasteiger partial charge < -0.3 is 23.7 Å². The van der Waals surface area contributed by atoms with Gasteiger partial charge in [-0.05, 0) is 38.1 Å². The van der Waals surface area contributed by atoms with Crippen LogP contribution in [0.3, 0.4) is 0 Å². The van der Waals surface area contributed by atoms with Gasteiger partial charge in [-0.15, -0.1) is 0 Å². The highest BCUT2D eigenvalue weighted by atomic mass is 16.6. The Morgan fingerprint density at radius 3 is 1.48 bits per heavy atom. The summed E-state index contributed by atoms with van der Waals surface area (Å²) < 4.78 is 29.2. The van der Waals surface area contributed by atoms with Gasteiger partial charge in [0.2, 0.25) is 0 Å². The summed E-state index contributed by atoms with van der Waals surface area (Å²) in [5.41, 5.74) is 0. The summed E-state index contributed by atoms with van der Waals surface area (Å²) in [5.74, 6) is 2.81. The summed E-state index contributed by atoms with van der Waals surface area (Å²) in [6.45, 7) is 5.71. The average Bonchev–Trinajstić information content (AvgIpc) is 2.61. The van der Waals surface area contributed by atoms with Gasteiger partial charge in [0.15, 0.2) is 23.0 Å². The van der Waals surface area contributed by atoms with Gasteiger partial charge in [0.25, 0.3) is 0 Å². The first kappa shape index (κ1) is 17.4. The van der Waals surface area contributed by atoms with Crippen LogP contribution in [-0.2, 0) is 4.74 Å². The zero-order chi connectivity index (χ0) is 17.5. The van der Waals surface area contributed by atoms with Crippen LogP contribution in [-0.4, -0.2) is 38.6 Å². The summed E-state index contributed by atoms with van der Waals surface area (Å²) in [5, 5.41) is 0. The largest absolute Gasteiger partial charge is 0.486 e. The van der Waals surface area contributed by atoms with E-state index in [4.69, 9.17) is 23.7 Å². The van der Waals surface area contributed by atoms with E-state index in [1.54, 1.807) is 0 Å². The molecule has 2 atom stereocenters. The molecule has 5 nitrogen and oxygen atoms in total. The Labute approximate surface area is 148 Å². The zero-order valence-electron chi connectivity index (χ0n) is 14.6. The van der Waals surface area contributed by atoms with Crippen molar-refractivity contribution in [3.05, 3.63) is 48.5 Å². The van der Waals surface area contributed by atoms with Crippen molar-refractivity contribution in [3.63, 3.8) is 0 Å². The number of hydrogen-bond donors (Lipinski definition) is 0. The quantitative estimate of drug-likeness (QED) is 0.729. The van der Waals surface area contributed by atoms with Crippen molar-refractivity contribution in [2.45, 2.75) is 26.1 Å². The lowest BCUT2D eigenvalue weighted by Gasteiger charge is -2.19. The van der Waals surface area contributed by atoms with Gasteiger partial charge in [-0.25, -0.2) is 0 Å². The Balaban J connectivity index is 1.75. The molecule has 0 saturated heterocycles. The minimum absolute atomic E-state index is 0.0920. The van der Waals surface area contributed by atoms with Crippen LogP contribution in [0.4, 0.5) is 0 Å². The van der Waals surface area contributed by atoms with E-state index in [0.29, 0.717) is 49.4 Å². The average molecular weight is 344 g/mol. The third kappa shape index (κ3) is 5.03. The predicted octanol–water partition coefficient (Wildman–Crippen LogP) is 3.71. The maximum Gasteiger partial charge on any atom is 0.161 e. The second-order valence-corrected chi connectivity index (χ2v) is 5.98. The Bertz CT molecular complexity index is 615. The van der Waals surface area contributed by atoms with Crippen molar-refractivity contribution >= 4 is 0 Å². The summed E-state index contributed by atoms with van der Waals surface area (Å²) in [6, 6.07) is 15.3. The normalized spacial score (nSPS) is 21.7. The molecule has 1 aliphatic rings. The molecule has 134 valence electrons. The van der Waals surface area contributed by atoms with Crippen molar-refractivity contribution in [2.24, 2.45) is 0 Å². The standard InChI is InChI=1S/C20H24O5/c1-15-13-21-14-16(2)25-20-10-6-4-8-18(20)23-12-11-22-17-7-3-5-9-19(17)24-15/h3-10,15-16H,11-14H2,1-2H3/t15-,16+. The third-order valence-electron chi connectivity index (χ3n) is 3.66. The second-order valence-electron chi connectivity index (χ2n) is 5.98. The summed E-state index contributed by atoms with van der Waals surface area (Å²) in [4.78, 5) is 0. The van der Waals surface area contributed by atoms with Crippen molar-refractivity contribution in [3.8, 4) is 23.0 Å². The molecule has 0 unspecified atom stereocenters. The Morgan fingerprint density at radius 1 is 0.640 bits per heavy atom. The molecule has 25 heavy (non-hydrogen) atoms. The first-order valence-corrected chi connectivity index (χ1v) is 8.57. The van der Waals surface area contributed by atoms with Crippen LogP contribution in [0.25, 0.3) is 0 Å². The van der Waals surface area contributed by atoms with E-state index in [0.717, 1.165) is 0 Å². The summed E-state index contributed by atoms with van der Waals surface area (Å²) >= 11 is 0. The van der Waals surface area contributed by atoms with Crippen molar-refractivity contribution < 1.29 is 23.7 Å². The van der Waals surface area contributed by atoms with E-state index in [2.05, 4.69) is 0 Å². The smallest absolute Gasteiger partial charge is 0.161 e. The van der Waals surface area contributed by atoms with Crippen molar-refractivity contribution in [1.29, 1.82) is 0 Å². The Kier molecular flexibility index (Phi) is 6.01. The van der Waals surface area contributed by atoms with Gasteiger partial charge >= 0.3 is 0 Å². The Hall–Kier alpha value is -2.40. The van der Waals surface area contributed by atoms with Crippen LogP contribution < -0.4 is 18.9 Å². The minimum atomic E-state index is -0.0920. The molecule has 0 aromatic heterocycles. The van der Waals surface area contributed by atoms with Gasteiger partial charge in [-0.1, -0.05) is 24.3 Å². The fourth-order valence-electron chi connectivity index (χ4n) is 2.54. The number of ether oxygens (including phenoxy) is 5. The molecule has 1 heterocycles. The molecule has 0 bridgehead atoms. The van der Waals surface area contributed by atoms with Gasteiger partial charge in [-0.3, -0.25) is 0 Å². The molecule has 0 spiro atoms. The molecule has 0 saturated carbocycles. The molecule has 0 fully saturated rings.